The zero-order valence-electron chi connectivity index (χ0n) is 13.8. The lowest BCUT2D eigenvalue weighted by molar-refractivity contribution is 0.153. The van der Waals surface area contributed by atoms with E-state index in [4.69, 9.17) is 16.0 Å². The number of pyridine rings is 1. The van der Waals surface area contributed by atoms with E-state index in [-0.39, 0.29) is 5.56 Å². The minimum atomic E-state index is -2.65. The first-order valence-corrected chi connectivity index (χ1v) is 8.36. The van der Waals surface area contributed by atoms with Crippen molar-refractivity contribution < 1.29 is 13.2 Å². The Labute approximate surface area is 153 Å². The summed E-state index contributed by atoms with van der Waals surface area (Å²) in [6, 6.07) is 12.1. The second-order valence-electron chi connectivity index (χ2n) is 5.91. The van der Waals surface area contributed by atoms with E-state index in [1.165, 1.54) is 12.3 Å². The molecular weight excluding hydrogens is 360 g/mol. The molecule has 1 aromatic carbocycles. The molecule has 4 aromatic rings. The number of benzene rings is 1. The first-order valence-electron chi connectivity index (χ1n) is 7.98. The number of nitrogens with zero attached hydrogens (tertiary/aromatic N) is 3. The van der Waals surface area contributed by atoms with Gasteiger partial charge in [-0.05, 0) is 36.8 Å². The minimum Gasteiger partial charge on any atom is -0.463 e. The van der Waals surface area contributed by atoms with Crippen LogP contribution in [0.1, 0.15) is 23.2 Å². The standard InChI is InChI=1S/C19H14ClF2N3O/c1-11-17-13(18(21)22)9-15(16-7-4-8-26-16)23-19(17)25(24-11)10-12-5-2-3-6-14(12)20/h2-9,18H,10H2,1H3. The highest BCUT2D eigenvalue weighted by Gasteiger charge is 2.22. The smallest absolute Gasteiger partial charge is 0.264 e. The molecule has 0 aliphatic heterocycles. The summed E-state index contributed by atoms with van der Waals surface area (Å²) >= 11 is 6.23. The summed E-state index contributed by atoms with van der Waals surface area (Å²) in [6.07, 6.45) is -1.17. The van der Waals surface area contributed by atoms with Crippen LogP contribution in [0.3, 0.4) is 0 Å². The van der Waals surface area contributed by atoms with Crippen LogP contribution in [0, 0.1) is 6.92 Å². The second kappa shape index (κ2) is 6.53. The van der Waals surface area contributed by atoms with Gasteiger partial charge in [-0.25, -0.2) is 18.4 Å². The quantitative estimate of drug-likeness (QED) is 0.465. The Bertz CT molecular complexity index is 1070. The second-order valence-corrected chi connectivity index (χ2v) is 6.31. The summed E-state index contributed by atoms with van der Waals surface area (Å²) in [4.78, 5) is 4.54. The zero-order chi connectivity index (χ0) is 18.3. The third-order valence-electron chi connectivity index (χ3n) is 4.19. The molecule has 3 heterocycles. The van der Waals surface area contributed by atoms with Crippen molar-refractivity contribution in [3.05, 3.63) is 70.6 Å². The van der Waals surface area contributed by atoms with Crippen molar-refractivity contribution in [2.45, 2.75) is 19.9 Å². The Balaban J connectivity index is 1.93. The van der Waals surface area contributed by atoms with E-state index in [2.05, 4.69) is 10.1 Å². The lowest BCUT2D eigenvalue weighted by Gasteiger charge is -2.08. The topological polar surface area (TPSA) is 43.9 Å². The predicted molar refractivity (Wildman–Crippen MR) is 95.5 cm³/mol. The van der Waals surface area contributed by atoms with E-state index in [0.29, 0.717) is 39.7 Å². The number of hydrogen-bond donors (Lipinski definition) is 0. The number of aryl methyl sites for hydroxylation is 1. The van der Waals surface area contributed by atoms with Gasteiger partial charge in [0, 0.05) is 10.6 Å². The molecule has 0 saturated carbocycles. The fraction of sp³-hybridized carbons (Fsp3) is 0.158. The molecule has 0 radical (unpaired) electrons. The zero-order valence-corrected chi connectivity index (χ0v) is 14.5. The Kier molecular flexibility index (Phi) is 4.20. The highest BCUT2D eigenvalue weighted by molar-refractivity contribution is 6.31. The van der Waals surface area contributed by atoms with Crippen LogP contribution >= 0.6 is 11.6 Å². The van der Waals surface area contributed by atoms with Gasteiger partial charge < -0.3 is 4.42 Å². The number of hydrogen-bond acceptors (Lipinski definition) is 3. The minimum absolute atomic E-state index is 0.107. The summed E-state index contributed by atoms with van der Waals surface area (Å²) < 4.78 is 34.3. The van der Waals surface area contributed by atoms with E-state index < -0.39 is 6.43 Å². The fourth-order valence-electron chi connectivity index (χ4n) is 3.01. The van der Waals surface area contributed by atoms with Crippen LogP contribution < -0.4 is 0 Å². The first kappa shape index (κ1) is 16.7. The Morgan fingerprint density at radius 3 is 2.69 bits per heavy atom. The predicted octanol–water partition coefficient (Wildman–Crippen LogP) is 5.64. The van der Waals surface area contributed by atoms with E-state index in [0.717, 1.165) is 5.56 Å². The maximum atomic E-state index is 13.7. The molecule has 0 atom stereocenters. The molecule has 0 saturated heterocycles. The molecule has 26 heavy (non-hydrogen) atoms. The molecule has 0 aliphatic carbocycles. The molecule has 0 aliphatic rings. The van der Waals surface area contributed by atoms with Crippen molar-refractivity contribution in [2.75, 3.05) is 0 Å². The largest absolute Gasteiger partial charge is 0.463 e. The molecule has 0 spiro atoms. The highest BCUT2D eigenvalue weighted by atomic mass is 35.5. The molecule has 7 heteroatoms. The molecular formula is C19H14ClF2N3O. The normalized spacial score (nSPS) is 11.6. The molecule has 0 unspecified atom stereocenters. The van der Waals surface area contributed by atoms with Gasteiger partial charge in [-0.1, -0.05) is 29.8 Å². The Morgan fingerprint density at radius 1 is 1.19 bits per heavy atom. The van der Waals surface area contributed by atoms with Crippen molar-refractivity contribution in [1.82, 2.24) is 14.8 Å². The number of halogens is 3. The number of rotatable bonds is 4. The Hall–Kier alpha value is -2.73. The van der Waals surface area contributed by atoms with Crippen molar-refractivity contribution in [3.63, 3.8) is 0 Å². The van der Waals surface area contributed by atoms with Crippen molar-refractivity contribution in [3.8, 4) is 11.5 Å². The van der Waals surface area contributed by atoms with Gasteiger partial charge in [0.05, 0.1) is 23.9 Å². The number of fused-ring (bicyclic) bond motifs is 1. The highest BCUT2D eigenvalue weighted by Crippen LogP contribution is 2.33. The van der Waals surface area contributed by atoms with Gasteiger partial charge in [0.15, 0.2) is 11.4 Å². The van der Waals surface area contributed by atoms with Gasteiger partial charge in [0.25, 0.3) is 6.43 Å². The molecule has 4 nitrogen and oxygen atoms in total. The van der Waals surface area contributed by atoms with Crippen LogP contribution in [-0.4, -0.2) is 14.8 Å². The third kappa shape index (κ3) is 2.86. The van der Waals surface area contributed by atoms with Crippen LogP contribution in [0.15, 0.2) is 53.1 Å². The molecule has 0 fully saturated rings. The summed E-state index contributed by atoms with van der Waals surface area (Å²) in [5.41, 5.74) is 1.96. The summed E-state index contributed by atoms with van der Waals surface area (Å²) in [7, 11) is 0. The average molecular weight is 374 g/mol. The maximum absolute atomic E-state index is 13.7. The van der Waals surface area contributed by atoms with Gasteiger partial charge in [-0.15, -0.1) is 0 Å². The van der Waals surface area contributed by atoms with Crippen LogP contribution in [0.2, 0.25) is 5.02 Å². The Morgan fingerprint density at radius 2 is 2.00 bits per heavy atom. The molecule has 3 aromatic heterocycles. The third-order valence-corrected chi connectivity index (χ3v) is 4.56. The van der Waals surface area contributed by atoms with Gasteiger partial charge >= 0.3 is 0 Å². The van der Waals surface area contributed by atoms with E-state index in [1.54, 1.807) is 29.8 Å². The molecule has 0 amide bonds. The van der Waals surface area contributed by atoms with Crippen LogP contribution in [0.4, 0.5) is 8.78 Å². The average Bonchev–Trinajstić information content (AvgIpc) is 3.25. The molecule has 0 bridgehead atoms. The van der Waals surface area contributed by atoms with E-state index in [9.17, 15) is 8.78 Å². The van der Waals surface area contributed by atoms with Crippen molar-refractivity contribution in [2.24, 2.45) is 0 Å². The monoisotopic (exact) mass is 373 g/mol. The molecule has 4 rings (SSSR count). The SMILES string of the molecule is Cc1nn(Cc2ccccc2Cl)c2nc(-c3ccco3)cc(C(F)F)c12. The lowest BCUT2D eigenvalue weighted by atomic mass is 10.1. The number of furan rings is 1. The van der Waals surface area contributed by atoms with Crippen LogP contribution in [-0.2, 0) is 6.54 Å². The maximum Gasteiger partial charge on any atom is 0.264 e. The molecule has 0 N–H and O–H groups in total. The van der Waals surface area contributed by atoms with Crippen LogP contribution in [0.5, 0.6) is 0 Å². The van der Waals surface area contributed by atoms with Gasteiger partial charge in [-0.3, -0.25) is 0 Å². The van der Waals surface area contributed by atoms with Gasteiger partial charge in [0.1, 0.15) is 5.69 Å². The first-order chi connectivity index (χ1) is 12.5. The number of alkyl halides is 2. The fourth-order valence-corrected chi connectivity index (χ4v) is 3.20. The van der Waals surface area contributed by atoms with E-state index in [1.807, 2.05) is 18.2 Å². The summed E-state index contributed by atoms with van der Waals surface area (Å²) in [6.45, 7) is 2.03. The summed E-state index contributed by atoms with van der Waals surface area (Å²) in [5.74, 6) is 0.428. The van der Waals surface area contributed by atoms with Crippen molar-refractivity contribution in [1.29, 1.82) is 0 Å². The van der Waals surface area contributed by atoms with Gasteiger partial charge in [0.2, 0.25) is 0 Å². The molecule has 132 valence electrons. The summed E-state index contributed by atoms with van der Waals surface area (Å²) in [5, 5.41) is 5.37. The lowest BCUT2D eigenvalue weighted by Crippen LogP contribution is -2.04. The van der Waals surface area contributed by atoms with Gasteiger partial charge in [-0.2, -0.15) is 5.10 Å². The van der Waals surface area contributed by atoms with E-state index >= 15 is 0 Å². The van der Waals surface area contributed by atoms with Crippen molar-refractivity contribution >= 4 is 22.6 Å². The number of aromatic nitrogens is 3. The van der Waals surface area contributed by atoms with Crippen LogP contribution in [0.25, 0.3) is 22.5 Å².